The summed E-state index contributed by atoms with van der Waals surface area (Å²) in [6.07, 6.45) is 8.34. The number of rotatable bonds is 3. The van der Waals surface area contributed by atoms with Gasteiger partial charge in [0.15, 0.2) is 0 Å². The van der Waals surface area contributed by atoms with Gasteiger partial charge in [-0.25, -0.2) is 0 Å². The number of benzene rings is 1. The van der Waals surface area contributed by atoms with Crippen molar-refractivity contribution < 1.29 is 4.74 Å². The Bertz CT molecular complexity index is 563. The van der Waals surface area contributed by atoms with E-state index in [0.29, 0.717) is 11.3 Å². The van der Waals surface area contributed by atoms with Gasteiger partial charge < -0.3 is 15.4 Å². The van der Waals surface area contributed by atoms with Crippen LogP contribution >= 0.6 is 0 Å². The number of anilines is 1. The summed E-state index contributed by atoms with van der Waals surface area (Å²) < 4.78 is 5.92. The molecular weight excluding hydrogens is 296 g/mol. The Hall–Kier alpha value is -1.22. The first kappa shape index (κ1) is 17.6. The summed E-state index contributed by atoms with van der Waals surface area (Å²) >= 11 is 0. The summed E-state index contributed by atoms with van der Waals surface area (Å²) in [5.74, 6) is 1.54. The van der Waals surface area contributed by atoms with Crippen LogP contribution in [0.25, 0.3) is 0 Å². The van der Waals surface area contributed by atoms with Crippen molar-refractivity contribution in [1.82, 2.24) is 4.90 Å². The summed E-state index contributed by atoms with van der Waals surface area (Å²) in [6.45, 7) is 8.87. The number of nitrogens with two attached hydrogens (primary N) is 1. The van der Waals surface area contributed by atoms with Gasteiger partial charge in [-0.1, -0.05) is 0 Å². The number of nitrogens with zero attached hydrogens (tertiary/aromatic N) is 1. The van der Waals surface area contributed by atoms with Crippen LogP contribution in [0.5, 0.6) is 5.75 Å². The van der Waals surface area contributed by atoms with Crippen LogP contribution in [0.4, 0.5) is 5.69 Å². The molecule has 0 bridgehead atoms. The molecule has 0 amide bonds. The van der Waals surface area contributed by atoms with Crippen LogP contribution in [0.2, 0.25) is 0 Å². The van der Waals surface area contributed by atoms with E-state index in [1.165, 1.54) is 62.7 Å². The predicted octanol–water partition coefficient (Wildman–Crippen LogP) is 4.73. The molecule has 2 aliphatic rings. The maximum Gasteiger partial charge on any atom is 0.142 e. The Morgan fingerprint density at radius 3 is 2.33 bits per heavy atom. The Balaban J connectivity index is 1.72. The minimum Gasteiger partial charge on any atom is -0.489 e. The molecule has 134 valence electrons. The van der Waals surface area contributed by atoms with E-state index >= 15 is 0 Å². The molecule has 0 atom stereocenters. The molecule has 1 aromatic carbocycles. The normalized spacial score (nSPS) is 22.2. The molecule has 0 aromatic heterocycles. The van der Waals surface area contributed by atoms with Crippen molar-refractivity contribution >= 4 is 5.69 Å². The molecule has 1 saturated heterocycles. The maximum atomic E-state index is 6.16. The SMILES string of the molecule is Cc1cc(N)c(OC(C)C)cc1C1CCC2(CC1)CCN(C)CC2. The van der Waals surface area contributed by atoms with Crippen LogP contribution in [-0.4, -0.2) is 31.1 Å². The molecule has 3 nitrogen and oxygen atoms in total. The Morgan fingerprint density at radius 1 is 1.12 bits per heavy atom. The fourth-order valence-corrected chi connectivity index (χ4v) is 4.66. The molecular formula is C21H34N2O. The number of nitrogen functional groups attached to an aromatic ring is 1. The van der Waals surface area contributed by atoms with Crippen LogP contribution in [0.3, 0.4) is 0 Å². The largest absolute Gasteiger partial charge is 0.489 e. The first-order valence-electron chi connectivity index (χ1n) is 9.64. The van der Waals surface area contributed by atoms with Gasteiger partial charge >= 0.3 is 0 Å². The standard InChI is InChI=1S/C21H34N2O/c1-15(2)24-20-14-18(16(3)13-19(20)22)17-5-7-21(8-6-17)9-11-23(4)12-10-21/h13-15,17H,5-12,22H2,1-4H3. The lowest BCUT2D eigenvalue weighted by atomic mass is 9.64. The molecule has 1 aromatic rings. The van der Waals surface area contributed by atoms with Gasteiger partial charge in [0.1, 0.15) is 5.75 Å². The van der Waals surface area contributed by atoms with Gasteiger partial charge in [-0.15, -0.1) is 0 Å². The number of hydrogen-bond donors (Lipinski definition) is 1. The molecule has 0 radical (unpaired) electrons. The van der Waals surface area contributed by atoms with Crippen molar-refractivity contribution in [3.8, 4) is 5.75 Å². The van der Waals surface area contributed by atoms with E-state index in [9.17, 15) is 0 Å². The van der Waals surface area contributed by atoms with Crippen LogP contribution in [0, 0.1) is 12.3 Å². The van der Waals surface area contributed by atoms with Gasteiger partial charge in [-0.2, -0.15) is 0 Å². The molecule has 1 spiro atoms. The first-order chi connectivity index (χ1) is 11.4. The fourth-order valence-electron chi connectivity index (χ4n) is 4.66. The maximum absolute atomic E-state index is 6.16. The minimum absolute atomic E-state index is 0.164. The predicted molar refractivity (Wildman–Crippen MR) is 102 cm³/mol. The third-order valence-corrected chi connectivity index (χ3v) is 6.29. The zero-order valence-electron chi connectivity index (χ0n) is 15.9. The van der Waals surface area contributed by atoms with Crippen molar-refractivity contribution in [3.63, 3.8) is 0 Å². The van der Waals surface area contributed by atoms with Crippen molar-refractivity contribution in [1.29, 1.82) is 0 Å². The van der Waals surface area contributed by atoms with Gasteiger partial charge in [0.25, 0.3) is 0 Å². The molecule has 1 aliphatic carbocycles. The highest BCUT2D eigenvalue weighted by atomic mass is 16.5. The van der Waals surface area contributed by atoms with Crippen LogP contribution in [-0.2, 0) is 0 Å². The van der Waals surface area contributed by atoms with E-state index in [-0.39, 0.29) is 6.10 Å². The summed E-state index contributed by atoms with van der Waals surface area (Å²) in [5.41, 5.74) is 10.3. The lowest BCUT2D eigenvalue weighted by Crippen LogP contribution is -2.39. The molecule has 1 saturated carbocycles. The zero-order chi connectivity index (χ0) is 17.3. The Kier molecular flexibility index (Phi) is 5.10. The van der Waals surface area contributed by atoms with E-state index < -0.39 is 0 Å². The third-order valence-electron chi connectivity index (χ3n) is 6.29. The highest BCUT2D eigenvalue weighted by Crippen LogP contribution is 2.49. The van der Waals surface area contributed by atoms with Crippen molar-refractivity contribution in [2.45, 2.75) is 71.3 Å². The molecule has 3 heteroatoms. The van der Waals surface area contributed by atoms with E-state index in [4.69, 9.17) is 10.5 Å². The van der Waals surface area contributed by atoms with Crippen molar-refractivity contribution in [3.05, 3.63) is 23.3 Å². The van der Waals surface area contributed by atoms with Crippen molar-refractivity contribution in [2.75, 3.05) is 25.9 Å². The second-order valence-electron chi connectivity index (χ2n) is 8.49. The second-order valence-corrected chi connectivity index (χ2v) is 8.49. The third kappa shape index (κ3) is 3.72. The Morgan fingerprint density at radius 2 is 1.75 bits per heavy atom. The zero-order valence-corrected chi connectivity index (χ0v) is 15.9. The van der Waals surface area contributed by atoms with Gasteiger partial charge in [-0.3, -0.25) is 0 Å². The average molecular weight is 331 g/mol. The lowest BCUT2D eigenvalue weighted by Gasteiger charge is -2.45. The summed E-state index contributed by atoms with van der Waals surface area (Å²) in [7, 11) is 2.26. The molecule has 1 aliphatic heterocycles. The molecule has 3 rings (SSSR count). The molecule has 2 N–H and O–H groups in total. The Labute approximate surface area is 147 Å². The highest BCUT2D eigenvalue weighted by Gasteiger charge is 2.38. The highest BCUT2D eigenvalue weighted by molar-refractivity contribution is 5.57. The number of ether oxygens (including phenoxy) is 1. The van der Waals surface area contributed by atoms with E-state index in [1.807, 2.05) is 0 Å². The number of hydrogen-bond acceptors (Lipinski definition) is 3. The topological polar surface area (TPSA) is 38.5 Å². The first-order valence-corrected chi connectivity index (χ1v) is 9.64. The minimum atomic E-state index is 0.164. The molecule has 24 heavy (non-hydrogen) atoms. The summed E-state index contributed by atoms with van der Waals surface area (Å²) in [4.78, 5) is 2.48. The van der Waals surface area contributed by atoms with E-state index in [1.54, 1.807) is 0 Å². The van der Waals surface area contributed by atoms with Crippen LogP contribution in [0.1, 0.15) is 69.4 Å². The second kappa shape index (κ2) is 6.95. The van der Waals surface area contributed by atoms with Gasteiger partial charge in [-0.05, 0) is 114 Å². The fraction of sp³-hybridized carbons (Fsp3) is 0.714. The number of piperidine rings is 1. The smallest absolute Gasteiger partial charge is 0.142 e. The van der Waals surface area contributed by atoms with E-state index in [0.717, 1.165) is 11.4 Å². The summed E-state index contributed by atoms with van der Waals surface area (Å²) in [6, 6.07) is 4.33. The van der Waals surface area contributed by atoms with Crippen molar-refractivity contribution in [2.24, 2.45) is 5.41 Å². The molecule has 2 fully saturated rings. The van der Waals surface area contributed by atoms with Gasteiger partial charge in [0.05, 0.1) is 11.8 Å². The lowest BCUT2D eigenvalue weighted by molar-refractivity contribution is 0.0740. The van der Waals surface area contributed by atoms with Gasteiger partial charge in [0, 0.05) is 0 Å². The number of aryl methyl sites for hydroxylation is 1. The van der Waals surface area contributed by atoms with Gasteiger partial charge in [0.2, 0.25) is 0 Å². The number of likely N-dealkylation sites (tertiary alicyclic amines) is 1. The van der Waals surface area contributed by atoms with Crippen LogP contribution in [0.15, 0.2) is 12.1 Å². The molecule has 0 unspecified atom stereocenters. The quantitative estimate of drug-likeness (QED) is 0.814. The van der Waals surface area contributed by atoms with E-state index in [2.05, 4.69) is 44.9 Å². The average Bonchev–Trinajstić information content (AvgIpc) is 2.54. The summed E-state index contributed by atoms with van der Waals surface area (Å²) in [5, 5.41) is 0. The monoisotopic (exact) mass is 330 g/mol. The van der Waals surface area contributed by atoms with Crippen LogP contribution < -0.4 is 10.5 Å². The molecule has 1 heterocycles.